The van der Waals surface area contributed by atoms with E-state index in [-0.39, 0.29) is 5.91 Å². The number of rotatable bonds is 5. The standard InChI is InChI=1S/C12H24N4OS/c1-10-8-16(7-6-14(10)2)9-12(17)15(3)5-4-11(13)18/h10H,4-9H2,1-3H3,(H2,13,18). The Kier molecular flexibility index (Phi) is 5.98. The van der Waals surface area contributed by atoms with E-state index in [1.54, 1.807) is 11.9 Å². The zero-order valence-electron chi connectivity index (χ0n) is 11.6. The van der Waals surface area contributed by atoms with Gasteiger partial charge in [-0.2, -0.15) is 0 Å². The van der Waals surface area contributed by atoms with Crippen LogP contribution in [0.25, 0.3) is 0 Å². The van der Waals surface area contributed by atoms with Gasteiger partial charge < -0.3 is 15.5 Å². The van der Waals surface area contributed by atoms with Crippen LogP contribution < -0.4 is 5.73 Å². The molecule has 1 aliphatic heterocycles. The average molecular weight is 272 g/mol. The normalized spacial score (nSPS) is 21.8. The number of hydrogen-bond acceptors (Lipinski definition) is 4. The molecule has 2 N–H and O–H groups in total. The highest BCUT2D eigenvalue weighted by Gasteiger charge is 2.23. The molecule has 18 heavy (non-hydrogen) atoms. The maximum Gasteiger partial charge on any atom is 0.236 e. The Hall–Kier alpha value is -0.720. The Balaban J connectivity index is 2.33. The molecule has 6 heteroatoms. The first-order valence-electron chi connectivity index (χ1n) is 6.35. The quantitative estimate of drug-likeness (QED) is 0.700. The average Bonchev–Trinajstić information content (AvgIpc) is 2.30. The van der Waals surface area contributed by atoms with Gasteiger partial charge in [-0.3, -0.25) is 9.69 Å². The molecule has 0 aromatic carbocycles. The zero-order valence-corrected chi connectivity index (χ0v) is 12.4. The molecule has 0 radical (unpaired) electrons. The molecule has 1 heterocycles. The van der Waals surface area contributed by atoms with Crippen molar-refractivity contribution in [1.29, 1.82) is 0 Å². The molecule has 1 aliphatic rings. The van der Waals surface area contributed by atoms with Gasteiger partial charge in [-0.25, -0.2) is 0 Å². The summed E-state index contributed by atoms with van der Waals surface area (Å²) in [6, 6.07) is 0.508. The molecule has 1 saturated heterocycles. The number of thiocarbonyl (C=S) groups is 1. The molecule has 1 rings (SSSR count). The Bertz CT molecular complexity index is 310. The first-order chi connectivity index (χ1) is 8.40. The molecule has 0 aromatic heterocycles. The van der Waals surface area contributed by atoms with Gasteiger partial charge in [0.1, 0.15) is 0 Å². The van der Waals surface area contributed by atoms with Crippen molar-refractivity contribution in [3.05, 3.63) is 0 Å². The Labute approximate surface area is 115 Å². The van der Waals surface area contributed by atoms with Crippen molar-refractivity contribution in [3.8, 4) is 0 Å². The minimum Gasteiger partial charge on any atom is -0.393 e. The molecule has 1 amide bonds. The first kappa shape index (κ1) is 15.3. The maximum absolute atomic E-state index is 12.0. The van der Waals surface area contributed by atoms with Gasteiger partial charge in [0, 0.05) is 45.7 Å². The van der Waals surface area contributed by atoms with Gasteiger partial charge in [-0.15, -0.1) is 0 Å². The van der Waals surface area contributed by atoms with Gasteiger partial charge in [0.15, 0.2) is 0 Å². The van der Waals surface area contributed by atoms with Crippen molar-refractivity contribution < 1.29 is 4.79 Å². The monoisotopic (exact) mass is 272 g/mol. The van der Waals surface area contributed by atoms with Gasteiger partial charge in [0.05, 0.1) is 11.5 Å². The van der Waals surface area contributed by atoms with Crippen molar-refractivity contribution in [2.45, 2.75) is 19.4 Å². The van der Waals surface area contributed by atoms with Crippen LogP contribution in [-0.4, -0.2) is 78.5 Å². The Morgan fingerprint density at radius 2 is 2.17 bits per heavy atom. The van der Waals surface area contributed by atoms with Crippen molar-refractivity contribution in [2.24, 2.45) is 5.73 Å². The highest BCUT2D eigenvalue weighted by molar-refractivity contribution is 7.80. The summed E-state index contributed by atoms with van der Waals surface area (Å²) in [7, 11) is 3.93. The number of hydrogen-bond donors (Lipinski definition) is 1. The number of nitrogens with zero attached hydrogens (tertiary/aromatic N) is 3. The number of carbonyl (C=O) groups is 1. The summed E-state index contributed by atoms with van der Waals surface area (Å²) in [5.41, 5.74) is 5.44. The van der Waals surface area contributed by atoms with Crippen molar-refractivity contribution in [1.82, 2.24) is 14.7 Å². The van der Waals surface area contributed by atoms with Crippen LogP contribution in [0.15, 0.2) is 0 Å². The maximum atomic E-state index is 12.0. The summed E-state index contributed by atoms with van der Waals surface area (Å²) in [5.74, 6) is 0.142. The second kappa shape index (κ2) is 7.01. The number of amides is 1. The number of likely N-dealkylation sites (N-methyl/N-ethyl adjacent to an activating group) is 2. The fourth-order valence-corrected chi connectivity index (χ4v) is 2.07. The van der Waals surface area contributed by atoms with Crippen LogP contribution in [-0.2, 0) is 4.79 Å². The summed E-state index contributed by atoms with van der Waals surface area (Å²) in [4.78, 5) is 18.7. The third-order valence-electron chi connectivity index (χ3n) is 3.52. The smallest absolute Gasteiger partial charge is 0.236 e. The van der Waals surface area contributed by atoms with Gasteiger partial charge in [0.25, 0.3) is 0 Å². The minimum absolute atomic E-state index is 0.142. The fraction of sp³-hybridized carbons (Fsp3) is 0.833. The largest absolute Gasteiger partial charge is 0.393 e. The predicted molar refractivity (Wildman–Crippen MR) is 77.6 cm³/mol. The van der Waals surface area contributed by atoms with Crippen molar-refractivity contribution >= 4 is 23.1 Å². The molecule has 5 nitrogen and oxygen atoms in total. The number of carbonyl (C=O) groups excluding carboxylic acids is 1. The van der Waals surface area contributed by atoms with Crippen LogP contribution >= 0.6 is 12.2 Å². The Morgan fingerprint density at radius 1 is 1.50 bits per heavy atom. The van der Waals surface area contributed by atoms with Gasteiger partial charge in [-0.1, -0.05) is 12.2 Å². The third-order valence-corrected chi connectivity index (χ3v) is 3.73. The summed E-state index contributed by atoms with van der Waals surface area (Å²) in [6.45, 7) is 6.21. The molecule has 1 fully saturated rings. The van der Waals surface area contributed by atoms with Gasteiger partial charge in [-0.05, 0) is 14.0 Å². The fourth-order valence-electron chi connectivity index (χ4n) is 1.98. The molecule has 1 unspecified atom stereocenters. The second-order valence-corrected chi connectivity index (χ2v) is 5.62. The van der Waals surface area contributed by atoms with E-state index in [4.69, 9.17) is 18.0 Å². The molecule has 104 valence electrons. The molecular formula is C12H24N4OS. The van der Waals surface area contributed by atoms with Gasteiger partial charge >= 0.3 is 0 Å². The van der Waals surface area contributed by atoms with E-state index in [0.717, 1.165) is 19.6 Å². The summed E-state index contributed by atoms with van der Waals surface area (Å²) in [5, 5.41) is 0. The van der Waals surface area contributed by atoms with E-state index in [0.29, 0.717) is 30.5 Å². The Morgan fingerprint density at radius 3 is 2.72 bits per heavy atom. The van der Waals surface area contributed by atoms with Gasteiger partial charge in [0.2, 0.25) is 5.91 Å². The molecule has 0 aromatic rings. The van der Waals surface area contributed by atoms with Crippen LogP contribution in [0.4, 0.5) is 0 Å². The number of nitrogens with two attached hydrogens (primary N) is 1. The summed E-state index contributed by atoms with van der Waals surface area (Å²) >= 11 is 4.81. The van der Waals surface area contributed by atoms with Crippen LogP contribution in [0.2, 0.25) is 0 Å². The van der Waals surface area contributed by atoms with Crippen LogP contribution in [0.5, 0.6) is 0 Å². The molecular weight excluding hydrogens is 248 g/mol. The van der Waals surface area contributed by atoms with E-state index >= 15 is 0 Å². The van der Waals surface area contributed by atoms with Crippen LogP contribution in [0, 0.1) is 0 Å². The highest BCUT2D eigenvalue weighted by atomic mass is 32.1. The topological polar surface area (TPSA) is 52.8 Å². The number of piperazine rings is 1. The van der Waals surface area contributed by atoms with Crippen LogP contribution in [0.1, 0.15) is 13.3 Å². The lowest BCUT2D eigenvalue weighted by atomic mass is 10.2. The third kappa shape index (κ3) is 4.88. The minimum atomic E-state index is 0.142. The lowest BCUT2D eigenvalue weighted by molar-refractivity contribution is -0.131. The summed E-state index contributed by atoms with van der Waals surface area (Å²) < 4.78 is 0. The van der Waals surface area contributed by atoms with Crippen molar-refractivity contribution in [2.75, 3.05) is 46.8 Å². The SMILES string of the molecule is CC1CN(CC(=O)N(C)CCC(N)=S)CCN1C. The van der Waals surface area contributed by atoms with Crippen LogP contribution in [0.3, 0.4) is 0 Å². The van der Waals surface area contributed by atoms with E-state index in [1.807, 2.05) is 0 Å². The van der Waals surface area contributed by atoms with Crippen molar-refractivity contribution in [3.63, 3.8) is 0 Å². The molecule has 0 aliphatic carbocycles. The second-order valence-electron chi connectivity index (χ2n) is 5.10. The first-order valence-corrected chi connectivity index (χ1v) is 6.76. The lowest BCUT2D eigenvalue weighted by Crippen LogP contribution is -2.52. The lowest BCUT2D eigenvalue weighted by Gasteiger charge is -2.37. The predicted octanol–water partition coefficient (Wildman–Crippen LogP) is -0.243. The molecule has 0 saturated carbocycles. The van der Waals surface area contributed by atoms with E-state index < -0.39 is 0 Å². The van der Waals surface area contributed by atoms with E-state index in [1.165, 1.54) is 0 Å². The molecule has 0 spiro atoms. The van der Waals surface area contributed by atoms with E-state index in [2.05, 4.69) is 23.8 Å². The molecule has 1 atom stereocenters. The summed E-state index contributed by atoms with van der Waals surface area (Å²) in [6.07, 6.45) is 0.594. The zero-order chi connectivity index (χ0) is 13.7. The van der Waals surface area contributed by atoms with E-state index in [9.17, 15) is 4.79 Å². The molecule has 0 bridgehead atoms. The highest BCUT2D eigenvalue weighted by Crippen LogP contribution is 2.07.